The Balaban J connectivity index is 1.36. The van der Waals surface area contributed by atoms with E-state index in [0.717, 1.165) is 11.1 Å². The molecule has 0 spiro atoms. The molecular weight excluding hydrogens is 476 g/mol. The molecule has 0 aliphatic carbocycles. The highest BCUT2D eigenvalue weighted by Crippen LogP contribution is 2.34. The van der Waals surface area contributed by atoms with Crippen molar-refractivity contribution in [3.63, 3.8) is 0 Å². The van der Waals surface area contributed by atoms with Gasteiger partial charge in [0.05, 0.1) is 24.4 Å². The van der Waals surface area contributed by atoms with Crippen molar-refractivity contribution >= 4 is 23.0 Å². The summed E-state index contributed by atoms with van der Waals surface area (Å²) in [5, 5.41) is 5.04. The normalized spacial score (nSPS) is 19.1. The first-order valence-electron chi connectivity index (χ1n) is 11.8. The van der Waals surface area contributed by atoms with E-state index in [1.165, 1.54) is 13.4 Å². The Hall–Kier alpha value is -4.31. The van der Waals surface area contributed by atoms with Crippen LogP contribution in [0.1, 0.15) is 44.5 Å². The molecule has 1 aliphatic rings. The first-order chi connectivity index (χ1) is 17.9. The summed E-state index contributed by atoms with van der Waals surface area (Å²) in [6.07, 6.45) is 1.24. The Morgan fingerprint density at radius 2 is 1.62 bits per heavy atom. The van der Waals surface area contributed by atoms with Gasteiger partial charge in [0, 0.05) is 6.42 Å². The molecule has 37 heavy (non-hydrogen) atoms. The number of aromatic nitrogens is 4. The summed E-state index contributed by atoms with van der Waals surface area (Å²) in [6.45, 7) is 3.77. The van der Waals surface area contributed by atoms with Gasteiger partial charge in [-0.1, -0.05) is 35.4 Å². The van der Waals surface area contributed by atoms with Gasteiger partial charge in [-0.2, -0.15) is 5.10 Å². The van der Waals surface area contributed by atoms with Crippen LogP contribution in [0, 0.1) is 13.8 Å². The smallest absolute Gasteiger partial charge is 0.338 e. The number of carbonyl (C=O) groups is 2. The first kappa shape index (κ1) is 24.4. The molecule has 3 heterocycles. The number of esters is 2. The van der Waals surface area contributed by atoms with Crippen LogP contribution < -0.4 is 4.74 Å². The highest BCUT2D eigenvalue weighted by molar-refractivity contribution is 5.90. The van der Waals surface area contributed by atoms with E-state index in [2.05, 4.69) is 15.1 Å². The number of carbonyl (C=O) groups excluding carboxylic acids is 2. The lowest BCUT2D eigenvalue weighted by Crippen LogP contribution is -2.32. The molecule has 0 saturated carbocycles. The molecule has 1 fully saturated rings. The number of aryl methyl sites for hydroxylation is 2. The van der Waals surface area contributed by atoms with E-state index in [9.17, 15) is 9.59 Å². The van der Waals surface area contributed by atoms with Gasteiger partial charge >= 0.3 is 11.9 Å². The van der Waals surface area contributed by atoms with Crippen LogP contribution in [0.25, 0.3) is 11.0 Å². The van der Waals surface area contributed by atoms with Gasteiger partial charge < -0.3 is 18.9 Å². The molecule has 0 amide bonds. The van der Waals surface area contributed by atoms with Crippen molar-refractivity contribution in [2.45, 2.75) is 38.7 Å². The predicted molar refractivity (Wildman–Crippen MR) is 132 cm³/mol. The van der Waals surface area contributed by atoms with Crippen LogP contribution in [-0.2, 0) is 14.2 Å². The third-order valence-electron chi connectivity index (χ3n) is 6.21. The monoisotopic (exact) mass is 502 g/mol. The molecule has 0 unspecified atom stereocenters. The van der Waals surface area contributed by atoms with Crippen LogP contribution in [0.5, 0.6) is 5.88 Å². The van der Waals surface area contributed by atoms with Crippen LogP contribution in [-0.4, -0.2) is 57.6 Å². The zero-order chi connectivity index (χ0) is 25.9. The minimum atomic E-state index is -0.711. The van der Waals surface area contributed by atoms with Gasteiger partial charge in [-0.15, -0.1) is 0 Å². The van der Waals surface area contributed by atoms with E-state index in [-0.39, 0.29) is 13.0 Å². The highest BCUT2D eigenvalue weighted by Gasteiger charge is 2.41. The van der Waals surface area contributed by atoms with E-state index in [1.807, 2.05) is 38.1 Å². The summed E-state index contributed by atoms with van der Waals surface area (Å²) in [5.41, 5.74) is 3.43. The zero-order valence-corrected chi connectivity index (χ0v) is 20.7. The summed E-state index contributed by atoms with van der Waals surface area (Å²) < 4.78 is 24.5. The highest BCUT2D eigenvalue weighted by atomic mass is 16.6. The summed E-state index contributed by atoms with van der Waals surface area (Å²) in [4.78, 5) is 33.9. The molecule has 3 atom stereocenters. The molecule has 0 N–H and O–H groups in total. The third kappa shape index (κ3) is 5.14. The van der Waals surface area contributed by atoms with Gasteiger partial charge in [0.2, 0.25) is 5.88 Å². The van der Waals surface area contributed by atoms with Crippen LogP contribution in [0.3, 0.4) is 0 Å². The molecule has 1 aliphatic heterocycles. The molecule has 0 radical (unpaired) electrons. The van der Waals surface area contributed by atoms with E-state index in [1.54, 1.807) is 35.1 Å². The number of nitrogens with zero attached hydrogens (tertiary/aromatic N) is 4. The van der Waals surface area contributed by atoms with Gasteiger partial charge in [0.25, 0.3) is 0 Å². The Kier molecular flexibility index (Phi) is 6.82. The maximum Gasteiger partial charge on any atom is 0.338 e. The maximum absolute atomic E-state index is 12.9. The van der Waals surface area contributed by atoms with Crippen LogP contribution >= 0.6 is 0 Å². The lowest BCUT2D eigenvalue weighted by Gasteiger charge is -2.19. The molecule has 2 aromatic heterocycles. The molecule has 10 heteroatoms. The number of ether oxygens (including phenoxy) is 4. The average molecular weight is 503 g/mol. The maximum atomic E-state index is 12.9. The Bertz CT molecular complexity index is 1420. The molecule has 1 saturated heterocycles. The topological polar surface area (TPSA) is 115 Å². The second-order valence-electron chi connectivity index (χ2n) is 8.85. The molecule has 190 valence electrons. The molecule has 4 aromatic rings. The van der Waals surface area contributed by atoms with Crippen molar-refractivity contribution in [1.29, 1.82) is 0 Å². The lowest BCUT2D eigenvalue weighted by molar-refractivity contribution is -0.0590. The van der Waals surface area contributed by atoms with E-state index >= 15 is 0 Å². The summed E-state index contributed by atoms with van der Waals surface area (Å²) >= 11 is 0. The summed E-state index contributed by atoms with van der Waals surface area (Å²) in [7, 11) is 1.52. The SMILES string of the molecule is COc1ncnc2c1cnn2[C@@H]1C[C@H](OC(=O)c2ccc(C)cc2)[C@@H](COC(=O)c2ccc(C)cc2)O1. The van der Waals surface area contributed by atoms with Crippen molar-refractivity contribution in [3.05, 3.63) is 83.3 Å². The quantitative estimate of drug-likeness (QED) is 0.348. The number of methoxy groups -OCH3 is 1. The van der Waals surface area contributed by atoms with Crippen LogP contribution in [0.4, 0.5) is 0 Å². The predicted octanol–water partition coefficient (Wildman–Crippen LogP) is 3.82. The number of hydrogen-bond donors (Lipinski definition) is 0. The lowest BCUT2D eigenvalue weighted by atomic mass is 10.1. The van der Waals surface area contributed by atoms with Gasteiger partial charge in [0.1, 0.15) is 30.5 Å². The first-order valence-corrected chi connectivity index (χ1v) is 11.8. The van der Waals surface area contributed by atoms with E-state index in [4.69, 9.17) is 18.9 Å². The molecule has 5 rings (SSSR count). The Morgan fingerprint density at radius 3 is 2.27 bits per heavy atom. The fourth-order valence-corrected chi connectivity index (χ4v) is 4.16. The fourth-order valence-electron chi connectivity index (χ4n) is 4.16. The van der Waals surface area contributed by atoms with Gasteiger partial charge in [-0.3, -0.25) is 0 Å². The summed E-state index contributed by atoms with van der Waals surface area (Å²) in [5.74, 6) is -0.587. The molecular formula is C27H26N4O6. The zero-order valence-electron chi connectivity index (χ0n) is 20.7. The molecule has 2 aromatic carbocycles. The number of rotatable bonds is 7. The molecule has 10 nitrogen and oxygen atoms in total. The second-order valence-corrected chi connectivity index (χ2v) is 8.85. The Labute approximate surface area is 213 Å². The van der Waals surface area contributed by atoms with Crippen molar-refractivity contribution < 1.29 is 28.5 Å². The number of fused-ring (bicyclic) bond motifs is 1. The standard InChI is InChI=1S/C27H26N4O6/c1-16-4-8-18(9-5-16)26(32)35-14-22-21(37-27(33)19-10-6-17(2)7-11-19)12-23(36-22)31-24-20(13-30-31)25(34-3)29-15-28-24/h4-11,13,15,21-23H,12,14H2,1-3H3/t21-,22+,23-/m0/s1. The minimum Gasteiger partial charge on any atom is -0.480 e. The number of hydrogen-bond acceptors (Lipinski definition) is 9. The largest absolute Gasteiger partial charge is 0.480 e. The van der Waals surface area contributed by atoms with Crippen LogP contribution in [0.2, 0.25) is 0 Å². The van der Waals surface area contributed by atoms with Gasteiger partial charge in [-0.05, 0) is 38.1 Å². The van der Waals surface area contributed by atoms with Gasteiger partial charge in [-0.25, -0.2) is 24.2 Å². The second kappa shape index (κ2) is 10.4. The van der Waals surface area contributed by atoms with Crippen molar-refractivity contribution in [2.75, 3.05) is 13.7 Å². The van der Waals surface area contributed by atoms with Crippen molar-refractivity contribution in [2.24, 2.45) is 0 Å². The minimum absolute atomic E-state index is 0.105. The number of benzene rings is 2. The van der Waals surface area contributed by atoms with E-state index < -0.39 is 30.4 Å². The van der Waals surface area contributed by atoms with Crippen LogP contribution in [0.15, 0.2) is 61.1 Å². The van der Waals surface area contributed by atoms with Crippen molar-refractivity contribution in [3.8, 4) is 5.88 Å². The third-order valence-corrected chi connectivity index (χ3v) is 6.21. The average Bonchev–Trinajstić information content (AvgIpc) is 3.52. The van der Waals surface area contributed by atoms with E-state index in [0.29, 0.717) is 28.0 Å². The van der Waals surface area contributed by atoms with Crippen molar-refractivity contribution in [1.82, 2.24) is 19.7 Å². The van der Waals surface area contributed by atoms with Gasteiger partial charge in [0.15, 0.2) is 11.9 Å². The summed E-state index contributed by atoms with van der Waals surface area (Å²) in [6, 6.07) is 14.2. The fraction of sp³-hybridized carbons (Fsp3) is 0.296. The Morgan fingerprint density at radius 1 is 0.973 bits per heavy atom. The molecule has 0 bridgehead atoms.